The van der Waals surface area contributed by atoms with Crippen molar-refractivity contribution >= 4 is 22.4 Å². The van der Waals surface area contributed by atoms with Crippen LogP contribution < -0.4 is 5.32 Å². The predicted molar refractivity (Wildman–Crippen MR) is 109 cm³/mol. The van der Waals surface area contributed by atoms with Gasteiger partial charge in [0.15, 0.2) is 0 Å². The molecule has 1 aromatic heterocycles. The normalized spacial score (nSPS) is 19.3. The molecule has 2 aromatic carbocycles. The van der Waals surface area contributed by atoms with Crippen molar-refractivity contribution in [3.63, 3.8) is 0 Å². The maximum atomic E-state index is 12.5. The van der Waals surface area contributed by atoms with Crippen molar-refractivity contribution in [3.8, 4) is 0 Å². The maximum Gasteiger partial charge on any atom is 0.257 e. The number of nitrogens with zero attached hydrogens (tertiary/aromatic N) is 2. The number of benzene rings is 2. The third kappa shape index (κ3) is 4.64. The highest BCUT2D eigenvalue weighted by atomic mass is 32.1. The fraction of sp³-hybridized carbons (Fsp3) is 0.318. The molecule has 6 heteroatoms. The molecule has 28 heavy (non-hydrogen) atoms. The SMILES string of the molecule is O=C(Nc1nnc(Cc2ccccc2)s1)c1ccc([C@H]2CC[C@H]([O])CC2)cc1. The predicted octanol–water partition coefficient (Wildman–Crippen LogP) is 4.84. The standard InChI is InChI=1S/C22H22N3O2S/c26-19-12-10-17(11-13-19)16-6-8-18(9-7-16)21(27)23-22-25-24-20(28-22)14-15-4-2-1-3-5-15/h1-9,17,19H,10-14H2,(H,23,25,27)/t17-,19-. The molecule has 1 aliphatic rings. The Morgan fingerprint density at radius 2 is 1.68 bits per heavy atom. The van der Waals surface area contributed by atoms with Crippen molar-refractivity contribution in [1.29, 1.82) is 0 Å². The monoisotopic (exact) mass is 392 g/mol. The van der Waals surface area contributed by atoms with E-state index in [0.717, 1.165) is 36.3 Å². The van der Waals surface area contributed by atoms with E-state index in [4.69, 9.17) is 0 Å². The number of anilines is 1. The van der Waals surface area contributed by atoms with Gasteiger partial charge in [-0.2, -0.15) is 0 Å². The molecule has 1 saturated carbocycles. The quantitative estimate of drug-likeness (QED) is 0.675. The first kappa shape index (κ1) is 18.8. The first-order chi connectivity index (χ1) is 13.7. The Kier molecular flexibility index (Phi) is 5.78. The van der Waals surface area contributed by atoms with Crippen LogP contribution in [0.1, 0.15) is 58.1 Å². The van der Waals surface area contributed by atoms with Crippen LogP contribution in [0, 0.1) is 0 Å². The smallest absolute Gasteiger partial charge is 0.257 e. The van der Waals surface area contributed by atoms with Gasteiger partial charge in [-0.05, 0) is 54.9 Å². The van der Waals surface area contributed by atoms with E-state index < -0.39 is 6.10 Å². The van der Waals surface area contributed by atoms with Crippen molar-refractivity contribution in [2.45, 2.75) is 44.1 Å². The van der Waals surface area contributed by atoms with Gasteiger partial charge >= 0.3 is 0 Å². The van der Waals surface area contributed by atoms with Gasteiger partial charge in [0.1, 0.15) is 5.01 Å². The first-order valence-corrected chi connectivity index (χ1v) is 10.4. The lowest BCUT2D eigenvalue weighted by molar-refractivity contribution is 0.0513. The number of carbonyl (C=O) groups is 1. The molecule has 0 aliphatic heterocycles. The third-order valence-electron chi connectivity index (χ3n) is 5.20. The van der Waals surface area contributed by atoms with Gasteiger partial charge in [0.2, 0.25) is 5.13 Å². The zero-order valence-corrected chi connectivity index (χ0v) is 16.3. The van der Waals surface area contributed by atoms with Crippen LogP contribution in [0.5, 0.6) is 0 Å². The molecule has 1 N–H and O–H groups in total. The van der Waals surface area contributed by atoms with Crippen LogP contribution in [0.4, 0.5) is 5.13 Å². The second-order valence-corrected chi connectivity index (χ2v) is 8.28. The largest absolute Gasteiger partial charge is 0.296 e. The minimum Gasteiger partial charge on any atom is -0.296 e. The fourth-order valence-electron chi connectivity index (χ4n) is 3.62. The van der Waals surface area contributed by atoms with Crippen LogP contribution in [0.15, 0.2) is 54.6 Å². The van der Waals surface area contributed by atoms with E-state index in [0.29, 0.717) is 23.0 Å². The van der Waals surface area contributed by atoms with Gasteiger partial charge in [0, 0.05) is 12.0 Å². The number of aromatic nitrogens is 2. The number of hydrogen-bond acceptors (Lipinski definition) is 4. The summed E-state index contributed by atoms with van der Waals surface area (Å²) in [6.45, 7) is 0. The van der Waals surface area contributed by atoms with Gasteiger partial charge in [-0.3, -0.25) is 10.1 Å². The lowest BCUT2D eigenvalue weighted by Gasteiger charge is -2.24. The molecule has 143 valence electrons. The van der Waals surface area contributed by atoms with Crippen molar-refractivity contribution in [1.82, 2.24) is 10.2 Å². The van der Waals surface area contributed by atoms with Crippen molar-refractivity contribution in [2.24, 2.45) is 0 Å². The van der Waals surface area contributed by atoms with Crippen LogP contribution in [0.3, 0.4) is 0 Å². The Morgan fingerprint density at radius 1 is 0.964 bits per heavy atom. The van der Waals surface area contributed by atoms with Crippen LogP contribution in [-0.4, -0.2) is 22.2 Å². The van der Waals surface area contributed by atoms with Crippen molar-refractivity contribution in [2.75, 3.05) is 5.32 Å². The third-order valence-corrected chi connectivity index (χ3v) is 6.04. The molecule has 0 spiro atoms. The topological polar surface area (TPSA) is 74.8 Å². The summed E-state index contributed by atoms with van der Waals surface area (Å²) in [5, 5.41) is 23.9. The number of nitrogens with one attached hydrogen (secondary N) is 1. The van der Waals surface area contributed by atoms with Crippen LogP contribution in [0.25, 0.3) is 0 Å². The average Bonchev–Trinajstić information content (AvgIpc) is 3.16. The van der Waals surface area contributed by atoms with E-state index in [9.17, 15) is 9.90 Å². The molecule has 5 nitrogen and oxygen atoms in total. The summed E-state index contributed by atoms with van der Waals surface area (Å²) in [5.74, 6) is 0.253. The minimum absolute atomic E-state index is 0.183. The Morgan fingerprint density at radius 3 is 2.39 bits per heavy atom. The molecule has 3 aromatic rings. The molecule has 1 aliphatic carbocycles. The van der Waals surface area contributed by atoms with Gasteiger partial charge < -0.3 is 0 Å². The molecular weight excluding hydrogens is 370 g/mol. The molecule has 1 amide bonds. The number of carbonyl (C=O) groups excluding carboxylic acids is 1. The van der Waals surface area contributed by atoms with E-state index in [2.05, 4.69) is 15.5 Å². The van der Waals surface area contributed by atoms with Crippen molar-refractivity contribution in [3.05, 3.63) is 76.3 Å². The Labute approximate surface area is 168 Å². The molecular formula is C22H22N3O2S. The molecule has 1 heterocycles. The lowest BCUT2D eigenvalue weighted by Crippen LogP contribution is -2.16. The van der Waals surface area contributed by atoms with Gasteiger partial charge in [-0.15, -0.1) is 10.2 Å². The van der Waals surface area contributed by atoms with E-state index in [1.54, 1.807) is 0 Å². The van der Waals surface area contributed by atoms with Gasteiger partial charge in [0.05, 0.1) is 6.10 Å². The Bertz CT molecular complexity index is 916. The van der Waals surface area contributed by atoms with E-state index >= 15 is 0 Å². The number of hydrogen-bond donors (Lipinski definition) is 1. The second kappa shape index (κ2) is 8.63. The van der Waals surface area contributed by atoms with Crippen molar-refractivity contribution < 1.29 is 9.90 Å². The zero-order valence-electron chi connectivity index (χ0n) is 15.5. The van der Waals surface area contributed by atoms with Gasteiger partial charge in [-0.25, -0.2) is 5.11 Å². The summed E-state index contributed by atoms with van der Waals surface area (Å²) in [6.07, 6.45) is 3.67. The van der Waals surface area contributed by atoms with Gasteiger partial charge in [0.25, 0.3) is 5.91 Å². The highest BCUT2D eigenvalue weighted by Gasteiger charge is 2.22. The molecule has 0 unspecified atom stereocenters. The summed E-state index contributed by atoms with van der Waals surface area (Å²) < 4.78 is 0. The molecule has 1 fully saturated rings. The Balaban J connectivity index is 1.36. The van der Waals surface area contributed by atoms with Crippen LogP contribution in [-0.2, 0) is 11.5 Å². The highest BCUT2D eigenvalue weighted by molar-refractivity contribution is 7.15. The molecule has 0 bridgehead atoms. The fourth-order valence-corrected chi connectivity index (χ4v) is 4.39. The Hall–Kier alpha value is -2.57. The molecule has 1 radical (unpaired) electrons. The number of amides is 1. The summed E-state index contributed by atoms with van der Waals surface area (Å²) in [6, 6.07) is 17.8. The van der Waals surface area contributed by atoms with E-state index in [1.165, 1.54) is 16.9 Å². The first-order valence-electron chi connectivity index (χ1n) is 9.61. The molecule has 4 rings (SSSR count). The molecule has 0 saturated heterocycles. The minimum atomic E-state index is -0.403. The summed E-state index contributed by atoms with van der Waals surface area (Å²) in [7, 11) is 0. The van der Waals surface area contributed by atoms with Crippen LogP contribution >= 0.6 is 11.3 Å². The number of rotatable bonds is 5. The zero-order chi connectivity index (χ0) is 19.3. The van der Waals surface area contributed by atoms with E-state index in [-0.39, 0.29) is 5.91 Å². The molecule has 0 atom stereocenters. The second-order valence-electron chi connectivity index (χ2n) is 7.21. The summed E-state index contributed by atoms with van der Waals surface area (Å²) in [4.78, 5) is 12.5. The highest BCUT2D eigenvalue weighted by Crippen LogP contribution is 2.33. The van der Waals surface area contributed by atoms with Gasteiger partial charge in [-0.1, -0.05) is 53.8 Å². The summed E-state index contributed by atoms with van der Waals surface area (Å²) >= 11 is 1.39. The van der Waals surface area contributed by atoms with Crippen LogP contribution in [0.2, 0.25) is 0 Å². The lowest BCUT2D eigenvalue weighted by atomic mass is 9.82. The summed E-state index contributed by atoms with van der Waals surface area (Å²) in [5.41, 5.74) is 2.98. The average molecular weight is 393 g/mol. The van der Waals surface area contributed by atoms with E-state index in [1.807, 2.05) is 54.6 Å². The maximum absolute atomic E-state index is 12.5.